The highest BCUT2D eigenvalue weighted by molar-refractivity contribution is 5.92. The summed E-state index contributed by atoms with van der Waals surface area (Å²) in [5.41, 5.74) is 2.02. The van der Waals surface area contributed by atoms with Crippen LogP contribution in [0.3, 0.4) is 0 Å². The lowest BCUT2D eigenvalue weighted by atomic mass is 10.2. The van der Waals surface area contributed by atoms with Gasteiger partial charge in [-0.3, -0.25) is 9.69 Å². The molecule has 1 unspecified atom stereocenters. The number of nitrogens with one attached hydrogen (secondary N) is 2. The predicted octanol–water partition coefficient (Wildman–Crippen LogP) is 2.40. The summed E-state index contributed by atoms with van der Waals surface area (Å²) >= 11 is 0. The van der Waals surface area contributed by atoms with Gasteiger partial charge in [-0.1, -0.05) is 25.1 Å². The molecule has 4 heteroatoms. The molecule has 0 radical (unpaired) electrons. The number of benzene rings is 1. The minimum atomic E-state index is 0.0794. The van der Waals surface area contributed by atoms with Crippen LogP contribution in [0.25, 0.3) is 0 Å². The van der Waals surface area contributed by atoms with E-state index in [1.54, 1.807) is 0 Å². The van der Waals surface area contributed by atoms with Crippen LogP contribution in [-0.2, 0) is 4.79 Å². The Balaban J connectivity index is 1.86. The van der Waals surface area contributed by atoms with Crippen molar-refractivity contribution in [3.05, 3.63) is 29.8 Å². The van der Waals surface area contributed by atoms with Gasteiger partial charge in [0.15, 0.2) is 0 Å². The van der Waals surface area contributed by atoms with Crippen molar-refractivity contribution in [2.75, 3.05) is 31.5 Å². The zero-order valence-electron chi connectivity index (χ0n) is 13.2. The minimum Gasteiger partial charge on any atom is -0.325 e. The number of nitrogens with zero attached hydrogens (tertiary/aromatic N) is 1. The molecule has 2 N–H and O–H groups in total. The van der Waals surface area contributed by atoms with Gasteiger partial charge in [0.05, 0.1) is 6.54 Å². The van der Waals surface area contributed by atoms with Gasteiger partial charge < -0.3 is 10.6 Å². The number of rotatable bonds is 7. The van der Waals surface area contributed by atoms with Crippen molar-refractivity contribution in [1.29, 1.82) is 0 Å². The summed E-state index contributed by atoms with van der Waals surface area (Å²) in [6, 6.07) is 8.45. The smallest absolute Gasteiger partial charge is 0.238 e. The lowest BCUT2D eigenvalue weighted by molar-refractivity contribution is -0.117. The quantitative estimate of drug-likeness (QED) is 0.810. The molecule has 1 atom stereocenters. The van der Waals surface area contributed by atoms with Gasteiger partial charge in [-0.2, -0.15) is 0 Å². The van der Waals surface area contributed by atoms with Crippen LogP contribution in [-0.4, -0.2) is 43.0 Å². The van der Waals surface area contributed by atoms with Crippen LogP contribution in [0.1, 0.15) is 31.7 Å². The minimum absolute atomic E-state index is 0.0794. The number of para-hydroxylation sites is 1. The summed E-state index contributed by atoms with van der Waals surface area (Å²) in [6.45, 7) is 7.70. The van der Waals surface area contributed by atoms with Gasteiger partial charge in [-0.15, -0.1) is 0 Å². The van der Waals surface area contributed by atoms with Crippen LogP contribution >= 0.6 is 0 Å². The normalized spacial score (nSPS) is 18.1. The zero-order chi connectivity index (χ0) is 15.1. The van der Waals surface area contributed by atoms with Crippen molar-refractivity contribution in [1.82, 2.24) is 10.2 Å². The van der Waals surface area contributed by atoms with Gasteiger partial charge in [0.1, 0.15) is 0 Å². The van der Waals surface area contributed by atoms with E-state index in [9.17, 15) is 4.79 Å². The average Bonchev–Trinajstić information content (AvgIpc) is 2.94. The third kappa shape index (κ3) is 5.14. The first kappa shape index (κ1) is 16.0. The Morgan fingerprint density at radius 3 is 2.90 bits per heavy atom. The maximum absolute atomic E-state index is 12.3. The van der Waals surface area contributed by atoms with E-state index in [0.29, 0.717) is 12.6 Å². The number of hydrogen-bond acceptors (Lipinski definition) is 3. The van der Waals surface area contributed by atoms with E-state index in [1.807, 2.05) is 31.2 Å². The molecular formula is C17H27N3O. The maximum Gasteiger partial charge on any atom is 0.238 e. The monoisotopic (exact) mass is 289 g/mol. The molecule has 0 aromatic heterocycles. The molecule has 0 aliphatic carbocycles. The Morgan fingerprint density at radius 2 is 2.24 bits per heavy atom. The highest BCUT2D eigenvalue weighted by Crippen LogP contribution is 2.13. The molecule has 0 saturated carbocycles. The molecular weight excluding hydrogens is 262 g/mol. The van der Waals surface area contributed by atoms with E-state index >= 15 is 0 Å². The molecule has 21 heavy (non-hydrogen) atoms. The lowest BCUT2D eigenvalue weighted by Gasteiger charge is -2.24. The fraction of sp³-hybridized carbons (Fsp3) is 0.588. The van der Waals surface area contributed by atoms with Crippen LogP contribution in [0.5, 0.6) is 0 Å². The molecule has 1 fully saturated rings. The van der Waals surface area contributed by atoms with E-state index in [4.69, 9.17) is 0 Å². The van der Waals surface area contributed by atoms with Gasteiger partial charge in [0.2, 0.25) is 5.91 Å². The third-order valence-electron chi connectivity index (χ3n) is 3.97. The van der Waals surface area contributed by atoms with Crippen molar-refractivity contribution < 1.29 is 4.79 Å². The van der Waals surface area contributed by atoms with E-state index in [1.165, 1.54) is 12.8 Å². The first-order valence-corrected chi connectivity index (χ1v) is 8.00. The summed E-state index contributed by atoms with van der Waals surface area (Å²) in [5.74, 6) is 0.0794. The molecule has 1 amide bonds. The standard InChI is InChI=1S/C17H27N3O/c1-3-11-20(12-15-8-6-10-18-15)13-17(21)19-16-9-5-4-7-14(16)2/h4-5,7,9,15,18H,3,6,8,10-13H2,1-2H3,(H,19,21). The first-order chi connectivity index (χ1) is 10.2. The highest BCUT2D eigenvalue weighted by atomic mass is 16.2. The van der Waals surface area contributed by atoms with Crippen molar-refractivity contribution >= 4 is 11.6 Å². The van der Waals surface area contributed by atoms with Gasteiger partial charge in [0.25, 0.3) is 0 Å². The van der Waals surface area contributed by atoms with Gasteiger partial charge >= 0.3 is 0 Å². The number of anilines is 1. The van der Waals surface area contributed by atoms with Gasteiger partial charge in [-0.25, -0.2) is 0 Å². The first-order valence-electron chi connectivity index (χ1n) is 8.00. The Labute approximate surface area is 127 Å². The van der Waals surface area contributed by atoms with Crippen molar-refractivity contribution in [3.63, 3.8) is 0 Å². The summed E-state index contributed by atoms with van der Waals surface area (Å²) in [4.78, 5) is 14.5. The fourth-order valence-corrected chi connectivity index (χ4v) is 2.88. The number of hydrogen-bond donors (Lipinski definition) is 2. The molecule has 4 nitrogen and oxygen atoms in total. The summed E-state index contributed by atoms with van der Waals surface area (Å²) in [5, 5.41) is 6.53. The SMILES string of the molecule is CCCN(CC(=O)Nc1ccccc1C)CC1CCCN1. The average molecular weight is 289 g/mol. The predicted molar refractivity (Wildman–Crippen MR) is 87.6 cm³/mol. The molecule has 1 aliphatic rings. The van der Waals surface area contributed by atoms with Crippen molar-refractivity contribution in [2.24, 2.45) is 0 Å². The Kier molecular flexibility index (Phi) is 6.21. The second-order valence-corrected chi connectivity index (χ2v) is 5.89. The van der Waals surface area contributed by atoms with Crippen LogP contribution in [0.2, 0.25) is 0 Å². The van der Waals surface area contributed by atoms with Crippen LogP contribution in [0, 0.1) is 6.92 Å². The number of aryl methyl sites for hydroxylation is 1. The van der Waals surface area contributed by atoms with Crippen LogP contribution < -0.4 is 10.6 Å². The second-order valence-electron chi connectivity index (χ2n) is 5.89. The molecule has 0 spiro atoms. The Morgan fingerprint density at radius 1 is 1.43 bits per heavy atom. The topological polar surface area (TPSA) is 44.4 Å². The largest absolute Gasteiger partial charge is 0.325 e. The molecule has 1 saturated heterocycles. The molecule has 1 aromatic rings. The number of carbonyl (C=O) groups excluding carboxylic acids is 1. The lowest BCUT2D eigenvalue weighted by Crippen LogP contribution is -2.41. The highest BCUT2D eigenvalue weighted by Gasteiger charge is 2.19. The van der Waals surface area contributed by atoms with Crippen LogP contribution in [0.15, 0.2) is 24.3 Å². The van der Waals surface area contributed by atoms with Gasteiger partial charge in [0, 0.05) is 18.3 Å². The number of amides is 1. The van der Waals surface area contributed by atoms with Crippen molar-refractivity contribution in [3.8, 4) is 0 Å². The molecule has 0 bridgehead atoms. The van der Waals surface area contributed by atoms with Crippen LogP contribution in [0.4, 0.5) is 5.69 Å². The van der Waals surface area contributed by atoms with E-state index < -0.39 is 0 Å². The van der Waals surface area contributed by atoms with E-state index in [2.05, 4.69) is 22.5 Å². The summed E-state index contributed by atoms with van der Waals surface area (Å²) < 4.78 is 0. The Hall–Kier alpha value is -1.39. The maximum atomic E-state index is 12.3. The second kappa shape index (κ2) is 8.15. The Bertz CT molecular complexity index is 455. The fourth-order valence-electron chi connectivity index (χ4n) is 2.88. The third-order valence-corrected chi connectivity index (χ3v) is 3.97. The molecule has 116 valence electrons. The van der Waals surface area contributed by atoms with E-state index in [-0.39, 0.29) is 5.91 Å². The number of carbonyl (C=O) groups is 1. The molecule has 1 aromatic carbocycles. The molecule has 2 rings (SSSR count). The van der Waals surface area contributed by atoms with E-state index in [0.717, 1.165) is 37.3 Å². The van der Waals surface area contributed by atoms with Crippen molar-refractivity contribution in [2.45, 2.75) is 39.2 Å². The summed E-state index contributed by atoms with van der Waals surface area (Å²) in [7, 11) is 0. The summed E-state index contributed by atoms with van der Waals surface area (Å²) in [6.07, 6.45) is 3.55. The molecule has 1 heterocycles. The van der Waals surface area contributed by atoms with Gasteiger partial charge in [-0.05, 0) is 50.9 Å². The zero-order valence-corrected chi connectivity index (χ0v) is 13.2. The molecule has 1 aliphatic heterocycles.